The van der Waals surface area contributed by atoms with Crippen LogP contribution in [0.1, 0.15) is 18.4 Å². The average molecular weight is 290 g/mol. The second-order valence-electron chi connectivity index (χ2n) is 5.26. The molecule has 0 bridgehead atoms. The van der Waals surface area contributed by atoms with Crippen LogP contribution in [-0.4, -0.2) is 40.9 Å². The zero-order valence-corrected chi connectivity index (χ0v) is 11.8. The van der Waals surface area contributed by atoms with Crippen LogP contribution in [0.15, 0.2) is 24.3 Å². The van der Waals surface area contributed by atoms with Crippen molar-refractivity contribution in [3.63, 3.8) is 0 Å². The van der Waals surface area contributed by atoms with Gasteiger partial charge in [-0.3, -0.25) is 14.4 Å². The van der Waals surface area contributed by atoms with E-state index in [2.05, 4.69) is 5.32 Å². The van der Waals surface area contributed by atoms with E-state index >= 15 is 0 Å². The number of nitrogens with one attached hydrogen (secondary N) is 1. The highest BCUT2D eigenvalue weighted by atomic mass is 16.4. The third kappa shape index (κ3) is 4.05. The zero-order chi connectivity index (χ0) is 15.4. The molecule has 1 saturated heterocycles. The van der Waals surface area contributed by atoms with Gasteiger partial charge in [0.25, 0.3) is 0 Å². The fraction of sp³-hybridized carbons (Fsp3) is 0.400. The van der Waals surface area contributed by atoms with Crippen LogP contribution in [-0.2, 0) is 14.4 Å². The molecule has 21 heavy (non-hydrogen) atoms. The van der Waals surface area contributed by atoms with Gasteiger partial charge in [-0.25, -0.2) is 0 Å². The summed E-state index contributed by atoms with van der Waals surface area (Å²) >= 11 is 0. The van der Waals surface area contributed by atoms with E-state index in [1.165, 1.54) is 4.90 Å². The monoisotopic (exact) mass is 290 g/mol. The number of carbonyl (C=O) groups excluding carboxylic acids is 2. The number of anilines is 1. The Labute approximate surface area is 122 Å². The maximum atomic E-state index is 11.9. The van der Waals surface area contributed by atoms with E-state index < -0.39 is 11.9 Å². The van der Waals surface area contributed by atoms with Crippen molar-refractivity contribution < 1.29 is 19.5 Å². The quantitative estimate of drug-likeness (QED) is 0.874. The molecule has 1 atom stereocenters. The highest BCUT2D eigenvalue weighted by Gasteiger charge is 2.30. The van der Waals surface area contributed by atoms with Crippen molar-refractivity contribution in [2.75, 3.05) is 18.4 Å². The SMILES string of the molecule is Cc1ccc(NC(=O)CN2CC(C(=O)O)CCC2=O)cc1. The number of amides is 2. The lowest BCUT2D eigenvalue weighted by Gasteiger charge is -2.30. The normalized spacial score (nSPS) is 18.4. The van der Waals surface area contributed by atoms with Crippen molar-refractivity contribution in [1.29, 1.82) is 0 Å². The molecule has 112 valence electrons. The zero-order valence-electron chi connectivity index (χ0n) is 11.8. The molecule has 0 saturated carbocycles. The molecular formula is C15H18N2O4. The van der Waals surface area contributed by atoms with Crippen LogP contribution < -0.4 is 5.32 Å². The molecule has 0 spiro atoms. The molecule has 2 rings (SSSR count). The number of nitrogens with zero attached hydrogens (tertiary/aromatic N) is 1. The molecule has 0 radical (unpaired) electrons. The lowest BCUT2D eigenvalue weighted by molar-refractivity contribution is -0.148. The Morgan fingerprint density at radius 3 is 2.62 bits per heavy atom. The minimum absolute atomic E-state index is 0.0927. The number of piperidine rings is 1. The molecule has 1 heterocycles. The number of likely N-dealkylation sites (tertiary alicyclic amines) is 1. The number of carbonyl (C=O) groups is 3. The Kier molecular flexibility index (Phi) is 4.57. The molecule has 6 heteroatoms. The number of aliphatic carboxylic acids is 1. The summed E-state index contributed by atoms with van der Waals surface area (Å²) in [7, 11) is 0. The second-order valence-corrected chi connectivity index (χ2v) is 5.26. The third-order valence-electron chi connectivity index (χ3n) is 3.52. The van der Waals surface area contributed by atoms with E-state index in [1.54, 1.807) is 12.1 Å². The molecule has 2 N–H and O–H groups in total. The first-order valence-corrected chi connectivity index (χ1v) is 6.83. The molecule has 1 aliphatic rings. The summed E-state index contributed by atoms with van der Waals surface area (Å²) in [6, 6.07) is 7.32. The fourth-order valence-electron chi connectivity index (χ4n) is 2.28. The summed E-state index contributed by atoms with van der Waals surface area (Å²) in [5, 5.41) is 11.7. The molecule has 1 aromatic rings. The molecule has 6 nitrogen and oxygen atoms in total. The minimum Gasteiger partial charge on any atom is -0.481 e. The van der Waals surface area contributed by atoms with Crippen LogP contribution in [0.2, 0.25) is 0 Å². The van der Waals surface area contributed by atoms with Crippen molar-refractivity contribution in [2.24, 2.45) is 5.92 Å². The van der Waals surface area contributed by atoms with Gasteiger partial charge in [0.1, 0.15) is 0 Å². The maximum absolute atomic E-state index is 11.9. The lowest BCUT2D eigenvalue weighted by Crippen LogP contribution is -2.46. The van der Waals surface area contributed by atoms with Gasteiger partial charge in [-0.05, 0) is 25.5 Å². The second kappa shape index (κ2) is 6.39. The van der Waals surface area contributed by atoms with Gasteiger partial charge in [-0.1, -0.05) is 17.7 Å². The number of carboxylic acids is 1. The first kappa shape index (κ1) is 15.0. The summed E-state index contributed by atoms with van der Waals surface area (Å²) in [6.07, 6.45) is 0.513. The first-order valence-electron chi connectivity index (χ1n) is 6.83. The van der Waals surface area contributed by atoms with Gasteiger partial charge in [-0.15, -0.1) is 0 Å². The van der Waals surface area contributed by atoms with Crippen molar-refractivity contribution in [3.8, 4) is 0 Å². The minimum atomic E-state index is -0.925. The number of rotatable bonds is 4. The standard InChI is InChI=1S/C15H18N2O4/c1-10-2-5-12(6-3-10)16-13(18)9-17-8-11(15(20)21)4-7-14(17)19/h2-3,5-6,11H,4,7-9H2,1H3,(H,16,18)(H,20,21). The summed E-state index contributed by atoms with van der Waals surface area (Å²) in [4.78, 5) is 36.0. The van der Waals surface area contributed by atoms with E-state index in [0.717, 1.165) is 5.56 Å². The molecule has 2 amide bonds. The Morgan fingerprint density at radius 2 is 2.00 bits per heavy atom. The third-order valence-corrected chi connectivity index (χ3v) is 3.52. The van der Waals surface area contributed by atoms with Crippen molar-refractivity contribution >= 4 is 23.5 Å². The molecule has 0 aliphatic carbocycles. The molecular weight excluding hydrogens is 272 g/mol. The van der Waals surface area contributed by atoms with E-state index in [-0.39, 0.29) is 31.3 Å². The average Bonchev–Trinajstić information content (AvgIpc) is 2.43. The number of carboxylic acid groups (broad SMARTS) is 1. The van der Waals surface area contributed by atoms with Crippen molar-refractivity contribution in [3.05, 3.63) is 29.8 Å². The van der Waals surface area contributed by atoms with Crippen LogP contribution in [0.5, 0.6) is 0 Å². The van der Waals surface area contributed by atoms with Gasteiger partial charge in [0.2, 0.25) is 11.8 Å². The van der Waals surface area contributed by atoms with Crippen LogP contribution in [0.25, 0.3) is 0 Å². The predicted octanol–water partition coefficient (Wildman–Crippen LogP) is 1.26. The lowest BCUT2D eigenvalue weighted by atomic mass is 9.98. The summed E-state index contributed by atoms with van der Waals surface area (Å²) in [6.45, 7) is 1.93. The number of hydrogen-bond acceptors (Lipinski definition) is 3. The smallest absolute Gasteiger partial charge is 0.308 e. The number of benzene rings is 1. The molecule has 1 unspecified atom stereocenters. The van der Waals surface area contributed by atoms with Gasteiger partial charge >= 0.3 is 5.97 Å². The summed E-state index contributed by atoms with van der Waals surface area (Å²) in [5.74, 6) is -2.01. The Balaban J connectivity index is 1.93. The first-order chi connectivity index (χ1) is 9.95. The van der Waals surface area contributed by atoms with E-state index in [0.29, 0.717) is 12.1 Å². The van der Waals surface area contributed by atoms with Gasteiger partial charge in [0.05, 0.1) is 12.5 Å². The topological polar surface area (TPSA) is 86.7 Å². The fourth-order valence-corrected chi connectivity index (χ4v) is 2.28. The number of aryl methyl sites for hydroxylation is 1. The van der Waals surface area contributed by atoms with Gasteiger partial charge in [0, 0.05) is 18.7 Å². The predicted molar refractivity (Wildman–Crippen MR) is 76.7 cm³/mol. The molecule has 1 aromatic carbocycles. The molecule has 1 aliphatic heterocycles. The molecule has 1 fully saturated rings. The van der Waals surface area contributed by atoms with E-state index in [9.17, 15) is 14.4 Å². The van der Waals surface area contributed by atoms with Crippen LogP contribution in [0, 0.1) is 12.8 Å². The van der Waals surface area contributed by atoms with Crippen LogP contribution in [0.4, 0.5) is 5.69 Å². The molecule has 0 aromatic heterocycles. The summed E-state index contributed by atoms with van der Waals surface area (Å²) in [5.41, 5.74) is 1.74. The van der Waals surface area contributed by atoms with E-state index in [1.807, 2.05) is 19.1 Å². The number of hydrogen-bond donors (Lipinski definition) is 2. The van der Waals surface area contributed by atoms with Gasteiger partial charge in [-0.2, -0.15) is 0 Å². The van der Waals surface area contributed by atoms with Crippen LogP contribution in [0.3, 0.4) is 0 Å². The van der Waals surface area contributed by atoms with Gasteiger partial charge in [0.15, 0.2) is 0 Å². The highest BCUT2D eigenvalue weighted by molar-refractivity contribution is 5.95. The van der Waals surface area contributed by atoms with Crippen molar-refractivity contribution in [1.82, 2.24) is 4.90 Å². The Morgan fingerprint density at radius 1 is 1.33 bits per heavy atom. The largest absolute Gasteiger partial charge is 0.481 e. The van der Waals surface area contributed by atoms with E-state index in [4.69, 9.17) is 5.11 Å². The van der Waals surface area contributed by atoms with Crippen LogP contribution >= 0.6 is 0 Å². The maximum Gasteiger partial charge on any atom is 0.308 e. The highest BCUT2D eigenvalue weighted by Crippen LogP contribution is 2.18. The van der Waals surface area contributed by atoms with Gasteiger partial charge < -0.3 is 15.3 Å². The Hall–Kier alpha value is -2.37. The Bertz CT molecular complexity index is 553. The summed E-state index contributed by atoms with van der Waals surface area (Å²) < 4.78 is 0. The van der Waals surface area contributed by atoms with Crippen molar-refractivity contribution in [2.45, 2.75) is 19.8 Å².